The van der Waals surface area contributed by atoms with Crippen LogP contribution >= 0.6 is 23.2 Å². The highest BCUT2D eigenvalue weighted by atomic mass is 35.5. The Labute approximate surface area is 120 Å². The fourth-order valence-corrected chi connectivity index (χ4v) is 2.16. The van der Waals surface area contributed by atoms with Gasteiger partial charge in [-0.25, -0.2) is 4.68 Å². The Bertz CT molecular complexity index is 657. The number of nitrogens with one attached hydrogen (secondary N) is 1. The smallest absolute Gasteiger partial charge is 0.168 e. The fourth-order valence-electron chi connectivity index (χ4n) is 1.67. The predicted octanol–water partition coefficient (Wildman–Crippen LogP) is 3.06. The van der Waals surface area contributed by atoms with E-state index in [1.165, 1.54) is 4.68 Å². The predicted molar refractivity (Wildman–Crippen MR) is 76.9 cm³/mol. The van der Waals surface area contributed by atoms with Gasteiger partial charge in [-0.2, -0.15) is 5.26 Å². The van der Waals surface area contributed by atoms with E-state index >= 15 is 0 Å². The van der Waals surface area contributed by atoms with Crippen LogP contribution in [0.1, 0.15) is 12.5 Å². The number of nitrogens with two attached hydrogens (primary N) is 1. The Hall–Kier alpha value is -1.90. The van der Waals surface area contributed by atoms with E-state index in [4.69, 9.17) is 34.2 Å². The Morgan fingerprint density at radius 1 is 1.47 bits per heavy atom. The quantitative estimate of drug-likeness (QED) is 0.912. The molecule has 0 unspecified atom stereocenters. The topological polar surface area (TPSA) is 79.7 Å². The van der Waals surface area contributed by atoms with Crippen LogP contribution in [0.5, 0.6) is 0 Å². The summed E-state index contributed by atoms with van der Waals surface area (Å²) in [5.41, 5.74) is 6.80. The van der Waals surface area contributed by atoms with Crippen LogP contribution in [0.4, 0.5) is 11.6 Å². The molecule has 19 heavy (non-hydrogen) atoms. The molecule has 0 aliphatic carbocycles. The average molecular weight is 296 g/mol. The summed E-state index contributed by atoms with van der Waals surface area (Å²) in [6.45, 7) is 2.55. The van der Waals surface area contributed by atoms with Gasteiger partial charge in [0.15, 0.2) is 5.82 Å². The van der Waals surface area contributed by atoms with Crippen LogP contribution in [0.2, 0.25) is 10.0 Å². The lowest BCUT2D eigenvalue weighted by atomic mass is 10.3. The third-order valence-corrected chi connectivity index (χ3v) is 3.05. The zero-order valence-corrected chi connectivity index (χ0v) is 11.6. The molecular formula is C12H11Cl2N5. The average Bonchev–Trinajstić information content (AvgIpc) is 2.66. The molecule has 0 amide bonds. The molecule has 98 valence electrons. The number of aromatic nitrogens is 2. The summed E-state index contributed by atoms with van der Waals surface area (Å²) in [7, 11) is 0. The number of halogens is 2. The molecule has 1 aromatic carbocycles. The summed E-state index contributed by atoms with van der Waals surface area (Å²) < 4.78 is 1.43. The minimum atomic E-state index is 0.239. The fraction of sp³-hybridized carbons (Fsp3) is 0.167. The van der Waals surface area contributed by atoms with Gasteiger partial charge in [-0.05, 0) is 25.1 Å². The lowest BCUT2D eigenvalue weighted by Crippen LogP contribution is -2.03. The van der Waals surface area contributed by atoms with E-state index < -0.39 is 0 Å². The monoisotopic (exact) mass is 295 g/mol. The number of anilines is 2. The molecule has 0 fully saturated rings. The van der Waals surface area contributed by atoms with Crippen molar-refractivity contribution in [1.82, 2.24) is 9.78 Å². The van der Waals surface area contributed by atoms with Crippen molar-refractivity contribution < 1.29 is 0 Å². The van der Waals surface area contributed by atoms with E-state index in [9.17, 15) is 0 Å². The van der Waals surface area contributed by atoms with E-state index in [0.29, 0.717) is 33.7 Å². The molecule has 1 heterocycles. The zero-order valence-electron chi connectivity index (χ0n) is 10.1. The number of hydrogen-bond donors (Lipinski definition) is 2. The van der Waals surface area contributed by atoms with Gasteiger partial charge in [-0.1, -0.05) is 23.2 Å². The highest BCUT2D eigenvalue weighted by Crippen LogP contribution is 2.29. The van der Waals surface area contributed by atoms with E-state index in [0.717, 1.165) is 0 Å². The standard InChI is InChI=1S/C12H11Cl2N5/c1-2-17-12-8(6-15)11(16)19(18-12)10-4-3-7(13)5-9(10)14/h3-5H,2,16H2,1H3,(H,17,18). The highest BCUT2D eigenvalue weighted by Gasteiger charge is 2.17. The van der Waals surface area contributed by atoms with Crippen molar-refractivity contribution >= 4 is 34.8 Å². The second kappa shape index (κ2) is 5.39. The van der Waals surface area contributed by atoms with Crippen molar-refractivity contribution in [3.8, 4) is 11.8 Å². The second-order valence-corrected chi connectivity index (χ2v) is 4.60. The minimum Gasteiger partial charge on any atom is -0.382 e. The largest absolute Gasteiger partial charge is 0.382 e. The highest BCUT2D eigenvalue weighted by molar-refractivity contribution is 6.35. The molecule has 2 aromatic rings. The summed E-state index contributed by atoms with van der Waals surface area (Å²) in [6, 6.07) is 7.01. The summed E-state index contributed by atoms with van der Waals surface area (Å²) >= 11 is 12.0. The van der Waals surface area contributed by atoms with Gasteiger partial charge in [0, 0.05) is 11.6 Å². The van der Waals surface area contributed by atoms with Gasteiger partial charge in [0.2, 0.25) is 0 Å². The molecule has 0 saturated heterocycles. The Kier molecular flexibility index (Phi) is 3.84. The normalized spacial score (nSPS) is 10.2. The summed E-state index contributed by atoms with van der Waals surface area (Å²) in [4.78, 5) is 0. The third-order valence-electron chi connectivity index (χ3n) is 2.52. The first-order chi connectivity index (χ1) is 9.08. The van der Waals surface area contributed by atoms with Gasteiger partial charge >= 0.3 is 0 Å². The molecule has 0 bridgehead atoms. The van der Waals surface area contributed by atoms with Gasteiger partial charge in [-0.15, -0.1) is 5.10 Å². The van der Waals surface area contributed by atoms with Crippen molar-refractivity contribution in [1.29, 1.82) is 5.26 Å². The SMILES string of the molecule is CCNc1nn(-c2ccc(Cl)cc2Cl)c(N)c1C#N. The second-order valence-electron chi connectivity index (χ2n) is 3.76. The van der Waals surface area contributed by atoms with Crippen LogP contribution in [0.25, 0.3) is 5.69 Å². The van der Waals surface area contributed by atoms with Crippen LogP contribution in [0, 0.1) is 11.3 Å². The van der Waals surface area contributed by atoms with E-state index in [2.05, 4.69) is 10.4 Å². The van der Waals surface area contributed by atoms with Gasteiger partial charge in [0.1, 0.15) is 17.5 Å². The molecule has 2 rings (SSSR count). The summed E-state index contributed by atoms with van der Waals surface area (Å²) in [5, 5.41) is 17.3. The number of rotatable bonds is 3. The van der Waals surface area contributed by atoms with E-state index in [1.807, 2.05) is 13.0 Å². The van der Waals surface area contributed by atoms with Crippen LogP contribution in [-0.4, -0.2) is 16.3 Å². The maximum absolute atomic E-state index is 9.12. The van der Waals surface area contributed by atoms with Crippen LogP contribution in [-0.2, 0) is 0 Å². The Morgan fingerprint density at radius 2 is 2.21 bits per heavy atom. The molecule has 0 saturated carbocycles. The molecular weight excluding hydrogens is 285 g/mol. The molecule has 0 spiro atoms. The van der Waals surface area contributed by atoms with E-state index in [1.54, 1.807) is 18.2 Å². The molecule has 0 radical (unpaired) electrons. The maximum Gasteiger partial charge on any atom is 0.168 e. The van der Waals surface area contributed by atoms with Gasteiger partial charge in [0.25, 0.3) is 0 Å². The molecule has 0 aliphatic heterocycles. The first kappa shape index (κ1) is 13.5. The molecule has 0 aliphatic rings. The lowest BCUT2D eigenvalue weighted by Gasteiger charge is -2.06. The number of benzene rings is 1. The molecule has 5 nitrogen and oxygen atoms in total. The van der Waals surface area contributed by atoms with Gasteiger partial charge < -0.3 is 11.1 Å². The lowest BCUT2D eigenvalue weighted by molar-refractivity contribution is 0.890. The van der Waals surface area contributed by atoms with Crippen LogP contribution in [0.3, 0.4) is 0 Å². The molecule has 3 N–H and O–H groups in total. The van der Waals surface area contributed by atoms with Crippen LogP contribution in [0.15, 0.2) is 18.2 Å². The van der Waals surface area contributed by atoms with Crippen molar-refractivity contribution in [2.45, 2.75) is 6.92 Å². The van der Waals surface area contributed by atoms with Gasteiger partial charge in [0.05, 0.1) is 10.7 Å². The number of nitrogen functional groups attached to an aromatic ring is 1. The number of nitriles is 1. The van der Waals surface area contributed by atoms with E-state index in [-0.39, 0.29) is 5.82 Å². The molecule has 0 atom stereocenters. The Morgan fingerprint density at radius 3 is 2.79 bits per heavy atom. The third kappa shape index (κ3) is 2.46. The number of nitrogens with zero attached hydrogens (tertiary/aromatic N) is 3. The first-order valence-corrected chi connectivity index (χ1v) is 6.32. The molecule has 1 aromatic heterocycles. The molecule has 7 heteroatoms. The van der Waals surface area contributed by atoms with Crippen molar-refractivity contribution in [2.75, 3.05) is 17.6 Å². The van der Waals surface area contributed by atoms with Crippen molar-refractivity contribution in [3.63, 3.8) is 0 Å². The van der Waals surface area contributed by atoms with Crippen molar-refractivity contribution in [2.24, 2.45) is 0 Å². The zero-order chi connectivity index (χ0) is 14.0. The van der Waals surface area contributed by atoms with Crippen molar-refractivity contribution in [3.05, 3.63) is 33.8 Å². The summed E-state index contributed by atoms with van der Waals surface area (Å²) in [5.74, 6) is 0.677. The van der Waals surface area contributed by atoms with Gasteiger partial charge in [-0.3, -0.25) is 0 Å². The van der Waals surface area contributed by atoms with Crippen LogP contribution < -0.4 is 11.1 Å². The Balaban J connectivity index is 2.60. The minimum absolute atomic E-state index is 0.239. The maximum atomic E-state index is 9.12. The summed E-state index contributed by atoms with van der Waals surface area (Å²) in [6.07, 6.45) is 0. The first-order valence-electron chi connectivity index (χ1n) is 5.56. The number of hydrogen-bond acceptors (Lipinski definition) is 4.